The van der Waals surface area contributed by atoms with Crippen LogP contribution in [-0.2, 0) is 23.4 Å². The molecule has 0 saturated carbocycles. The van der Waals surface area contributed by atoms with Gasteiger partial charge in [0.1, 0.15) is 17.9 Å². The van der Waals surface area contributed by atoms with Crippen molar-refractivity contribution in [1.29, 1.82) is 0 Å². The maximum atomic E-state index is 13.6. The van der Waals surface area contributed by atoms with Gasteiger partial charge in [0.25, 0.3) is 5.56 Å². The van der Waals surface area contributed by atoms with Crippen molar-refractivity contribution in [2.24, 2.45) is 5.92 Å². The van der Waals surface area contributed by atoms with E-state index in [1.165, 1.54) is 13.1 Å². The second kappa shape index (κ2) is 11.3. The Morgan fingerprint density at radius 3 is 2.54 bits per heavy atom. The minimum Gasteiger partial charge on any atom is -0.462 e. The van der Waals surface area contributed by atoms with Crippen LogP contribution < -0.4 is 20.9 Å². The third-order valence-corrected chi connectivity index (χ3v) is 6.94. The Balaban J connectivity index is 1.75. The summed E-state index contributed by atoms with van der Waals surface area (Å²) in [4.78, 5) is 37.9. The van der Waals surface area contributed by atoms with Crippen LogP contribution in [0.4, 0.5) is 0 Å². The molecule has 0 spiro atoms. The number of hydrogen-bond acceptors (Lipinski definition) is 9. The van der Waals surface area contributed by atoms with Gasteiger partial charge in [-0.15, -0.1) is 0 Å². The van der Waals surface area contributed by atoms with Gasteiger partial charge in [-0.1, -0.05) is 25.1 Å². The summed E-state index contributed by atoms with van der Waals surface area (Å²) in [5, 5.41) is 13.2. The van der Waals surface area contributed by atoms with Gasteiger partial charge in [-0.05, 0) is 32.9 Å². The minimum atomic E-state index is -4.13. The molecule has 1 fully saturated rings. The zero-order valence-corrected chi connectivity index (χ0v) is 20.7. The van der Waals surface area contributed by atoms with E-state index in [9.17, 15) is 24.1 Å². The van der Waals surface area contributed by atoms with E-state index in [0.717, 1.165) is 10.6 Å². The predicted octanol–water partition coefficient (Wildman–Crippen LogP) is 1.56. The van der Waals surface area contributed by atoms with Gasteiger partial charge in [0.2, 0.25) is 0 Å². The number of nitrogens with zero attached hydrogens (tertiary/aromatic N) is 1. The number of aliphatic hydroxyl groups is 1. The number of nitrogens with one attached hydrogen (secondary N) is 2. The van der Waals surface area contributed by atoms with Gasteiger partial charge >= 0.3 is 19.4 Å². The highest BCUT2D eigenvalue weighted by atomic mass is 31.2. The first-order chi connectivity index (χ1) is 16.5. The number of hydrogen-bond donors (Lipinski definition) is 3. The fourth-order valence-corrected chi connectivity index (χ4v) is 4.92. The molecule has 1 aliphatic heterocycles. The normalized spacial score (nSPS) is 24.6. The maximum absolute atomic E-state index is 13.6. The second-order valence-corrected chi connectivity index (χ2v) is 10.2. The summed E-state index contributed by atoms with van der Waals surface area (Å²) in [6, 6.07) is 8.38. The Bertz CT molecular complexity index is 1170. The number of para-hydroxylation sites is 1. The molecule has 12 nitrogen and oxygen atoms in total. The maximum Gasteiger partial charge on any atom is 0.459 e. The SMILES string of the molecule is CC(C)OC(=O)C(C)NP(=O)(OC[C@H]1O[C@@H](n2ccc(=O)[nH]c2=O)[C@H](O)[C@@H]1C)Oc1ccccc1. The van der Waals surface area contributed by atoms with E-state index >= 15 is 0 Å². The fraction of sp³-hybridized carbons (Fsp3) is 0.500. The zero-order valence-electron chi connectivity index (χ0n) is 19.8. The lowest BCUT2D eigenvalue weighted by Gasteiger charge is -2.25. The Hall–Kier alpha value is -2.76. The Morgan fingerprint density at radius 1 is 1.23 bits per heavy atom. The molecule has 13 heteroatoms. The lowest BCUT2D eigenvalue weighted by molar-refractivity contribution is -0.149. The number of aliphatic hydroxyl groups excluding tert-OH is 1. The molecule has 0 radical (unpaired) electrons. The van der Waals surface area contributed by atoms with Crippen LogP contribution in [0, 0.1) is 5.92 Å². The summed E-state index contributed by atoms with van der Waals surface area (Å²) < 4.78 is 36.8. The average molecular weight is 511 g/mol. The number of aromatic amines is 1. The highest BCUT2D eigenvalue weighted by molar-refractivity contribution is 7.52. The van der Waals surface area contributed by atoms with Crippen molar-refractivity contribution in [2.45, 2.75) is 58.3 Å². The van der Waals surface area contributed by atoms with E-state index in [0.29, 0.717) is 0 Å². The van der Waals surface area contributed by atoms with Crippen LogP contribution in [0.3, 0.4) is 0 Å². The zero-order chi connectivity index (χ0) is 25.8. The van der Waals surface area contributed by atoms with Crippen LogP contribution in [0.15, 0.2) is 52.2 Å². The van der Waals surface area contributed by atoms with Crippen molar-refractivity contribution in [3.8, 4) is 5.75 Å². The molecular weight excluding hydrogens is 481 g/mol. The van der Waals surface area contributed by atoms with Gasteiger partial charge in [0.15, 0.2) is 6.23 Å². The molecule has 3 rings (SSSR count). The number of carbonyl (C=O) groups is 1. The number of carbonyl (C=O) groups excluding carboxylic acids is 1. The molecule has 1 aromatic heterocycles. The molecule has 2 aromatic rings. The number of rotatable bonds is 10. The summed E-state index contributed by atoms with van der Waals surface area (Å²) in [6.07, 6.45) is -2.15. The number of esters is 1. The summed E-state index contributed by atoms with van der Waals surface area (Å²) in [7, 11) is -4.13. The molecule has 1 saturated heterocycles. The minimum absolute atomic E-state index is 0.242. The van der Waals surface area contributed by atoms with Gasteiger partial charge in [0, 0.05) is 18.2 Å². The van der Waals surface area contributed by atoms with Gasteiger partial charge < -0.3 is 19.1 Å². The highest BCUT2D eigenvalue weighted by Crippen LogP contribution is 2.46. The summed E-state index contributed by atoms with van der Waals surface area (Å²) >= 11 is 0. The first-order valence-electron chi connectivity index (χ1n) is 11.1. The largest absolute Gasteiger partial charge is 0.462 e. The molecule has 35 heavy (non-hydrogen) atoms. The number of ether oxygens (including phenoxy) is 2. The Kier molecular flexibility index (Phi) is 8.68. The Morgan fingerprint density at radius 2 is 1.91 bits per heavy atom. The molecular formula is C22H30N3O9P. The van der Waals surface area contributed by atoms with Crippen LogP contribution in [0.25, 0.3) is 0 Å². The highest BCUT2D eigenvalue weighted by Gasteiger charge is 2.44. The van der Waals surface area contributed by atoms with Gasteiger partial charge in [-0.3, -0.25) is 23.7 Å². The first kappa shape index (κ1) is 26.8. The topological polar surface area (TPSA) is 158 Å². The molecule has 0 aliphatic carbocycles. The molecule has 3 N–H and O–H groups in total. The van der Waals surface area contributed by atoms with Crippen molar-refractivity contribution in [1.82, 2.24) is 14.6 Å². The Labute approximate surface area is 201 Å². The average Bonchev–Trinajstić information content (AvgIpc) is 3.06. The van der Waals surface area contributed by atoms with Crippen molar-refractivity contribution < 1.29 is 33.0 Å². The first-order valence-corrected chi connectivity index (χ1v) is 12.7. The van der Waals surface area contributed by atoms with E-state index in [4.69, 9.17) is 18.5 Å². The van der Waals surface area contributed by atoms with Crippen LogP contribution >= 0.6 is 7.75 Å². The van der Waals surface area contributed by atoms with Crippen molar-refractivity contribution >= 4 is 13.7 Å². The quantitative estimate of drug-likeness (QED) is 0.316. The second-order valence-electron chi connectivity index (χ2n) is 8.47. The van der Waals surface area contributed by atoms with E-state index in [1.54, 1.807) is 51.1 Å². The van der Waals surface area contributed by atoms with Crippen molar-refractivity contribution in [3.05, 3.63) is 63.4 Å². The van der Waals surface area contributed by atoms with Crippen LogP contribution in [-0.4, -0.2) is 51.6 Å². The lowest BCUT2D eigenvalue weighted by atomic mass is 10.0. The summed E-state index contributed by atoms with van der Waals surface area (Å²) in [6.45, 7) is 6.22. The molecule has 192 valence electrons. The number of aromatic nitrogens is 2. The van der Waals surface area contributed by atoms with Crippen LogP contribution in [0.5, 0.6) is 5.75 Å². The van der Waals surface area contributed by atoms with Gasteiger partial charge in [0.05, 0.1) is 18.8 Å². The summed E-state index contributed by atoms with van der Waals surface area (Å²) in [5.74, 6) is -0.933. The molecule has 1 aromatic carbocycles. The molecule has 2 heterocycles. The standard InChI is InChI=1S/C22H30N3O9P/c1-13(2)32-21(28)15(4)24-35(30,34-16-8-6-5-7-9-16)31-12-17-14(3)19(27)20(33-17)25-11-10-18(26)23-22(25)29/h5-11,13-15,17,19-20,27H,12H2,1-4H3,(H,24,30)(H,23,26,29)/t14-,15?,17-,19-,20-,35?/m1/s1. The summed E-state index contributed by atoms with van der Waals surface area (Å²) in [5.41, 5.74) is -1.32. The molecule has 1 aliphatic rings. The fourth-order valence-electron chi connectivity index (χ4n) is 3.42. The number of H-pyrrole nitrogens is 1. The van der Waals surface area contributed by atoms with E-state index in [1.807, 2.05) is 0 Å². The van der Waals surface area contributed by atoms with Crippen molar-refractivity contribution in [2.75, 3.05) is 6.61 Å². The predicted molar refractivity (Wildman–Crippen MR) is 125 cm³/mol. The monoisotopic (exact) mass is 511 g/mol. The molecule has 2 unspecified atom stereocenters. The number of benzene rings is 1. The third kappa shape index (κ3) is 6.89. The van der Waals surface area contributed by atoms with E-state index in [-0.39, 0.29) is 18.5 Å². The molecule has 6 atom stereocenters. The van der Waals surface area contributed by atoms with Crippen LogP contribution in [0.2, 0.25) is 0 Å². The lowest BCUT2D eigenvalue weighted by Crippen LogP contribution is -2.37. The van der Waals surface area contributed by atoms with Gasteiger partial charge in [-0.2, -0.15) is 5.09 Å². The smallest absolute Gasteiger partial charge is 0.459 e. The molecule has 0 bridgehead atoms. The van der Waals surface area contributed by atoms with Crippen molar-refractivity contribution in [3.63, 3.8) is 0 Å². The third-order valence-electron chi connectivity index (χ3n) is 5.29. The van der Waals surface area contributed by atoms with Gasteiger partial charge in [-0.25, -0.2) is 9.36 Å². The van der Waals surface area contributed by atoms with Crippen LogP contribution in [0.1, 0.15) is 33.9 Å². The molecule has 0 amide bonds. The van der Waals surface area contributed by atoms with E-state index in [2.05, 4.69) is 10.1 Å². The van der Waals surface area contributed by atoms with E-state index < -0.39 is 55.4 Å².